The highest BCUT2D eigenvalue weighted by Gasteiger charge is 2.10. The summed E-state index contributed by atoms with van der Waals surface area (Å²) < 4.78 is 2.04. The van der Waals surface area contributed by atoms with Crippen molar-refractivity contribution in [2.75, 3.05) is 5.32 Å². The lowest BCUT2D eigenvalue weighted by atomic mass is 10.1. The fourth-order valence-corrected chi connectivity index (χ4v) is 2.91. The molecule has 0 atom stereocenters. The van der Waals surface area contributed by atoms with Crippen molar-refractivity contribution in [1.29, 1.82) is 0 Å². The van der Waals surface area contributed by atoms with Gasteiger partial charge in [-0.15, -0.1) is 12.6 Å². The average molecular weight is 448 g/mol. The standard InChI is InChI=1S/C14H11BrINOS/c1-8-6-10(16)3-5-12(8)17-13-4-2-9(15)7-11(13)14(18)19/h2-7,17H,1H3,(H,18,19). The molecule has 19 heavy (non-hydrogen) atoms. The number of rotatable bonds is 3. The van der Waals surface area contributed by atoms with Gasteiger partial charge in [-0.1, -0.05) is 15.9 Å². The minimum atomic E-state index is -0.257. The van der Waals surface area contributed by atoms with Gasteiger partial charge < -0.3 is 5.32 Å². The van der Waals surface area contributed by atoms with Gasteiger partial charge >= 0.3 is 0 Å². The van der Waals surface area contributed by atoms with Gasteiger partial charge in [-0.2, -0.15) is 0 Å². The van der Waals surface area contributed by atoms with Gasteiger partial charge in [-0.05, 0) is 71.5 Å². The number of nitrogens with one attached hydrogen (secondary N) is 1. The Morgan fingerprint density at radius 3 is 2.53 bits per heavy atom. The molecular formula is C14H11BrINOS. The summed E-state index contributed by atoms with van der Waals surface area (Å²) in [6.07, 6.45) is 0. The number of halogens is 2. The summed E-state index contributed by atoms with van der Waals surface area (Å²) in [5, 5.41) is 3.03. The third-order valence-electron chi connectivity index (χ3n) is 2.67. The topological polar surface area (TPSA) is 29.1 Å². The molecule has 0 bridgehead atoms. The molecule has 2 aromatic carbocycles. The van der Waals surface area contributed by atoms with E-state index in [9.17, 15) is 4.79 Å². The molecule has 0 amide bonds. The number of carbonyl (C=O) groups excluding carboxylic acids is 1. The molecule has 0 aliphatic rings. The van der Waals surface area contributed by atoms with Gasteiger partial charge in [0.15, 0.2) is 0 Å². The van der Waals surface area contributed by atoms with E-state index in [1.807, 2.05) is 31.2 Å². The molecule has 0 aliphatic heterocycles. The van der Waals surface area contributed by atoms with Crippen LogP contribution in [0.2, 0.25) is 0 Å². The highest BCUT2D eigenvalue weighted by molar-refractivity contribution is 14.1. The molecule has 0 saturated heterocycles. The minimum Gasteiger partial charge on any atom is -0.355 e. The van der Waals surface area contributed by atoms with E-state index in [2.05, 4.69) is 62.5 Å². The van der Waals surface area contributed by atoms with Crippen LogP contribution in [0, 0.1) is 10.5 Å². The van der Waals surface area contributed by atoms with Crippen LogP contribution in [0.5, 0.6) is 0 Å². The molecule has 0 spiro atoms. The smallest absolute Gasteiger partial charge is 0.218 e. The van der Waals surface area contributed by atoms with Crippen LogP contribution < -0.4 is 5.32 Å². The normalized spacial score (nSPS) is 10.3. The molecule has 0 aromatic heterocycles. The van der Waals surface area contributed by atoms with Crippen LogP contribution in [0.4, 0.5) is 11.4 Å². The Morgan fingerprint density at radius 1 is 1.21 bits per heavy atom. The van der Waals surface area contributed by atoms with E-state index in [0.717, 1.165) is 21.4 Å². The second-order valence-electron chi connectivity index (χ2n) is 4.08. The van der Waals surface area contributed by atoms with Crippen molar-refractivity contribution >= 4 is 67.6 Å². The van der Waals surface area contributed by atoms with Gasteiger partial charge in [0.25, 0.3) is 0 Å². The Morgan fingerprint density at radius 2 is 1.89 bits per heavy atom. The number of benzene rings is 2. The van der Waals surface area contributed by atoms with Crippen LogP contribution in [0.15, 0.2) is 40.9 Å². The highest BCUT2D eigenvalue weighted by Crippen LogP contribution is 2.28. The quantitative estimate of drug-likeness (QED) is 0.501. The molecule has 0 unspecified atom stereocenters. The van der Waals surface area contributed by atoms with Crippen LogP contribution in [0.25, 0.3) is 0 Å². The third kappa shape index (κ3) is 3.73. The number of anilines is 2. The number of thiol groups is 1. The third-order valence-corrected chi connectivity index (χ3v) is 4.07. The van der Waals surface area contributed by atoms with Crippen molar-refractivity contribution < 1.29 is 4.79 Å². The summed E-state index contributed by atoms with van der Waals surface area (Å²) >= 11 is 9.55. The maximum Gasteiger partial charge on any atom is 0.218 e. The maximum absolute atomic E-state index is 11.5. The molecule has 2 aromatic rings. The fourth-order valence-electron chi connectivity index (χ4n) is 1.71. The minimum absolute atomic E-state index is 0.257. The van der Waals surface area contributed by atoms with E-state index in [0.29, 0.717) is 5.56 Å². The number of carbonyl (C=O) groups is 1. The largest absolute Gasteiger partial charge is 0.355 e. The summed E-state index contributed by atoms with van der Waals surface area (Å²) in [7, 11) is 0. The molecule has 0 radical (unpaired) electrons. The Labute approximate surface area is 139 Å². The Kier molecular flexibility index (Phi) is 4.92. The summed E-state index contributed by atoms with van der Waals surface area (Å²) in [4.78, 5) is 11.5. The maximum atomic E-state index is 11.5. The SMILES string of the molecule is Cc1cc(I)ccc1Nc1ccc(Br)cc1C(=O)S. The van der Waals surface area contributed by atoms with Gasteiger partial charge in [0.2, 0.25) is 5.12 Å². The van der Waals surface area contributed by atoms with Crippen molar-refractivity contribution in [1.82, 2.24) is 0 Å². The van der Waals surface area contributed by atoms with E-state index < -0.39 is 0 Å². The lowest BCUT2D eigenvalue weighted by Gasteiger charge is -2.13. The zero-order valence-electron chi connectivity index (χ0n) is 10.1. The predicted octanol–water partition coefficient (Wildman–Crippen LogP) is 5.18. The summed E-state index contributed by atoms with van der Waals surface area (Å²) in [6.45, 7) is 2.03. The monoisotopic (exact) mass is 447 g/mol. The van der Waals surface area contributed by atoms with Crippen LogP contribution in [0.1, 0.15) is 15.9 Å². The molecule has 98 valence electrons. The molecule has 0 aliphatic carbocycles. The van der Waals surface area contributed by atoms with Gasteiger partial charge in [0.05, 0.1) is 11.3 Å². The van der Waals surface area contributed by atoms with Crippen molar-refractivity contribution in [3.63, 3.8) is 0 Å². The Balaban J connectivity index is 2.40. The Hall–Kier alpha value is -0.530. The zero-order chi connectivity index (χ0) is 14.0. The first kappa shape index (κ1) is 14.9. The number of hydrogen-bond acceptors (Lipinski definition) is 2. The molecule has 2 rings (SSSR count). The molecular weight excluding hydrogens is 437 g/mol. The van der Waals surface area contributed by atoms with Gasteiger partial charge in [-0.25, -0.2) is 0 Å². The molecule has 0 heterocycles. The zero-order valence-corrected chi connectivity index (χ0v) is 14.7. The van der Waals surface area contributed by atoms with Crippen LogP contribution >= 0.6 is 51.1 Å². The summed E-state index contributed by atoms with van der Waals surface area (Å²) in [5.41, 5.74) is 3.43. The Bertz CT molecular complexity index is 645. The lowest BCUT2D eigenvalue weighted by molar-refractivity contribution is 0.109. The van der Waals surface area contributed by atoms with Crippen molar-refractivity contribution in [3.05, 3.63) is 55.6 Å². The van der Waals surface area contributed by atoms with Crippen molar-refractivity contribution in [2.45, 2.75) is 6.92 Å². The predicted molar refractivity (Wildman–Crippen MR) is 94.6 cm³/mol. The summed E-state index contributed by atoms with van der Waals surface area (Å²) in [5.74, 6) is 0. The molecule has 0 saturated carbocycles. The second kappa shape index (κ2) is 6.28. The van der Waals surface area contributed by atoms with E-state index in [-0.39, 0.29) is 5.12 Å². The first-order valence-electron chi connectivity index (χ1n) is 5.53. The van der Waals surface area contributed by atoms with E-state index in [1.165, 1.54) is 3.57 Å². The number of aryl methyl sites for hydroxylation is 1. The average Bonchev–Trinajstić information content (AvgIpc) is 2.34. The van der Waals surface area contributed by atoms with Crippen LogP contribution in [0.3, 0.4) is 0 Å². The van der Waals surface area contributed by atoms with Crippen molar-refractivity contribution in [3.8, 4) is 0 Å². The summed E-state index contributed by atoms with van der Waals surface area (Å²) in [6, 6.07) is 11.6. The van der Waals surface area contributed by atoms with Crippen LogP contribution in [-0.2, 0) is 0 Å². The van der Waals surface area contributed by atoms with E-state index in [1.54, 1.807) is 6.07 Å². The van der Waals surface area contributed by atoms with Crippen LogP contribution in [-0.4, -0.2) is 5.12 Å². The molecule has 2 nitrogen and oxygen atoms in total. The van der Waals surface area contributed by atoms with Gasteiger partial charge in [-0.3, -0.25) is 4.79 Å². The fraction of sp³-hybridized carbons (Fsp3) is 0.0714. The van der Waals surface area contributed by atoms with E-state index in [4.69, 9.17) is 0 Å². The lowest BCUT2D eigenvalue weighted by Crippen LogP contribution is -2.00. The van der Waals surface area contributed by atoms with Crippen molar-refractivity contribution in [2.24, 2.45) is 0 Å². The number of hydrogen-bond donors (Lipinski definition) is 2. The second-order valence-corrected chi connectivity index (χ2v) is 6.65. The molecule has 1 N–H and O–H groups in total. The first-order valence-corrected chi connectivity index (χ1v) is 7.85. The van der Waals surface area contributed by atoms with Gasteiger partial charge in [0.1, 0.15) is 0 Å². The first-order chi connectivity index (χ1) is 8.97. The molecule has 5 heteroatoms. The van der Waals surface area contributed by atoms with Gasteiger partial charge in [0, 0.05) is 13.7 Å². The molecule has 0 fully saturated rings. The highest BCUT2D eigenvalue weighted by atomic mass is 127. The van der Waals surface area contributed by atoms with E-state index >= 15 is 0 Å².